The zero-order valence-electron chi connectivity index (χ0n) is 10.8. The van der Waals surface area contributed by atoms with Crippen LogP contribution >= 0.6 is 0 Å². The van der Waals surface area contributed by atoms with E-state index in [-0.39, 0.29) is 24.0 Å². The number of likely N-dealkylation sites (tertiary alicyclic amines) is 1. The summed E-state index contributed by atoms with van der Waals surface area (Å²) in [4.78, 5) is 26.1. The molecule has 3 heterocycles. The summed E-state index contributed by atoms with van der Waals surface area (Å²) in [6.07, 6.45) is 3.53. The lowest BCUT2D eigenvalue weighted by Crippen LogP contribution is -2.40. The van der Waals surface area contributed by atoms with Crippen LogP contribution in [0.15, 0.2) is 12.2 Å². The molecule has 0 aromatic rings. The molecule has 2 saturated heterocycles. The molecule has 0 saturated carbocycles. The monoisotopic (exact) mass is 251 g/mol. The molecule has 1 amide bonds. The van der Waals surface area contributed by atoms with Crippen molar-refractivity contribution in [3.63, 3.8) is 0 Å². The third-order valence-electron chi connectivity index (χ3n) is 4.23. The molecule has 2 bridgehead atoms. The van der Waals surface area contributed by atoms with E-state index >= 15 is 0 Å². The summed E-state index contributed by atoms with van der Waals surface area (Å²) in [5.74, 6) is -1.25. The molecule has 4 atom stereocenters. The first-order chi connectivity index (χ1) is 8.50. The van der Waals surface area contributed by atoms with E-state index in [1.54, 1.807) is 4.90 Å². The minimum Gasteiger partial charge on any atom is -0.469 e. The molecular weight excluding hydrogens is 234 g/mol. The molecule has 0 aliphatic carbocycles. The fraction of sp³-hybridized carbons (Fsp3) is 0.692. The van der Waals surface area contributed by atoms with Gasteiger partial charge < -0.3 is 14.4 Å². The summed E-state index contributed by atoms with van der Waals surface area (Å²) >= 11 is 0. The predicted molar refractivity (Wildman–Crippen MR) is 62.6 cm³/mol. The molecule has 1 spiro atoms. The normalized spacial score (nSPS) is 40.8. The van der Waals surface area contributed by atoms with Crippen molar-refractivity contribution in [2.45, 2.75) is 31.6 Å². The van der Waals surface area contributed by atoms with Crippen molar-refractivity contribution in [2.24, 2.45) is 11.8 Å². The summed E-state index contributed by atoms with van der Waals surface area (Å²) < 4.78 is 10.7. The van der Waals surface area contributed by atoms with Crippen LogP contribution in [0, 0.1) is 11.8 Å². The Morgan fingerprint density at radius 3 is 2.94 bits per heavy atom. The molecular formula is C13H17NO4. The Morgan fingerprint density at radius 2 is 2.33 bits per heavy atom. The highest BCUT2D eigenvalue weighted by atomic mass is 16.5. The number of fused-ring (bicyclic) bond motifs is 1. The lowest BCUT2D eigenvalue weighted by Gasteiger charge is -2.24. The first kappa shape index (κ1) is 11.7. The number of nitrogens with zero attached hydrogens (tertiary/aromatic N) is 1. The Balaban J connectivity index is 1.98. The third-order valence-corrected chi connectivity index (χ3v) is 4.23. The number of carbonyl (C=O) groups is 2. The summed E-state index contributed by atoms with van der Waals surface area (Å²) in [6, 6.07) is 0.117. The van der Waals surface area contributed by atoms with Gasteiger partial charge in [-0.05, 0) is 13.8 Å². The summed E-state index contributed by atoms with van der Waals surface area (Å²) in [7, 11) is 1.35. The predicted octanol–water partition coefficient (Wildman–Crippen LogP) is 0.350. The molecule has 5 nitrogen and oxygen atoms in total. The SMILES string of the molecule is COC(=O)[C@H]1[C@@H]2C=C[C@@]3(CN(C(C)C)C(=O)[C@@H]13)O2. The lowest BCUT2D eigenvalue weighted by molar-refractivity contribution is -0.151. The molecule has 5 heteroatoms. The van der Waals surface area contributed by atoms with Crippen LogP contribution < -0.4 is 0 Å². The largest absolute Gasteiger partial charge is 0.469 e. The topological polar surface area (TPSA) is 55.8 Å². The lowest BCUT2D eigenvalue weighted by atomic mass is 9.77. The quantitative estimate of drug-likeness (QED) is 0.525. The highest BCUT2D eigenvalue weighted by Gasteiger charge is 2.67. The zero-order chi connectivity index (χ0) is 13.1. The van der Waals surface area contributed by atoms with Gasteiger partial charge in [0.15, 0.2) is 0 Å². The number of hydrogen-bond acceptors (Lipinski definition) is 4. The molecule has 3 rings (SSSR count). The van der Waals surface area contributed by atoms with Crippen LogP contribution in [0.5, 0.6) is 0 Å². The second-order valence-electron chi connectivity index (χ2n) is 5.48. The minimum atomic E-state index is -0.606. The summed E-state index contributed by atoms with van der Waals surface area (Å²) in [5, 5.41) is 0. The Morgan fingerprint density at radius 1 is 1.61 bits per heavy atom. The van der Waals surface area contributed by atoms with Crippen LogP contribution in [0.25, 0.3) is 0 Å². The highest BCUT2D eigenvalue weighted by Crippen LogP contribution is 2.52. The number of amides is 1. The Bertz CT molecular complexity index is 444. The van der Waals surface area contributed by atoms with Crippen molar-refractivity contribution in [3.8, 4) is 0 Å². The molecule has 0 unspecified atom stereocenters. The Hall–Kier alpha value is -1.36. The standard InChI is InChI=1S/C13H17NO4/c1-7(2)14-6-13-5-4-8(18-13)9(12(16)17-3)10(13)11(14)15/h4-5,7-10H,6H2,1-3H3/t8-,9-,10+,13-/m0/s1. The number of rotatable bonds is 2. The molecule has 0 N–H and O–H groups in total. The van der Waals surface area contributed by atoms with E-state index in [1.165, 1.54) is 7.11 Å². The van der Waals surface area contributed by atoms with Gasteiger partial charge in [-0.3, -0.25) is 9.59 Å². The number of carbonyl (C=O) groups excluding carboxylic acids is 2. The van der Waals surface area contributed by atoms with Gasteiger partial charge in [-0.1, -0.05) is 12.2 Å². The van der Waals surface area contributed by atoms with E-state index in [4.69, 9.17) is 9.47 Å². The van der Waals surface area contributed by atoms with E-state index in [1.807, 2.05) is 26.0 Å². The number of ether oxygens (including phenoxy) is 2. The molecule has 98 valence electrons. The smallest absolute Gasteiger partial charge is 0.312 e. The van der Waals surface area contributed by atoms with Gasteiger partial charge in [0.2, 0.25) is 5.91 Å². The molecule has 0 aromatic carbocycles. The van der Waals surface area contributed by atoms with Gasteiger partial charge in [0.25, 0.3) is 0 Å². The van der Waals surface area contributed by atoms with Crippen LogP contribution in [0.2, 0.25) is 0 Å². The van der Waals surface area contributed by atoms with Crippen molar-refractivity contribution in [2.75, 3.05) is 13.7 Å². The molecule has 18 heavy (non-hydrogen) atoms. The highest BCUT2D eigenvalue weighted by molar-refractivity contribution is 5.91. The summed E-state index contributed by atoms with van der Waals surface area (Å²) in [5.41, 5.74) is -0.606. The molecule has 0 aromatic heterocycles. The van der Waals surface area contributed by atoms with E-state index in [0.717, 1.165) is 0 Å². The van der Waals surface area contributed by atoms with E-state index < -0.39 is 17.4 Å². The van der Waals surface area contributed by atoms with Crippen LogP contribution in [0.3, 0.4) is 0 Å². The third kappa shape index (κ3) is 1.25. The van der Waals surface area contributed by atoms with Gasteiger partial charge in [-0.15, -0.1) is 0 Å². The maximum Gasteiger partial charge on any atom is 0.312 e. The minimum absolute atomic E-state index is 0.00671. The van der Waals surface area contributed by atoms with Gasteiger partial charge in [-0.25, -0.2) is 0 Å². The number of hydrogen-bond donors (Lipinski definition) is 0. The molecule has 3 aliphatic heterocycles. The molecule has 3 aliphatic rings. The molecule has 2 fully saturated rings. The van der Waals surface area contributed by atoms with Gasteiger partial charge in [0.05, 0.1) is 25.7 Å². The van der Waals surface area contributed by atoms with Gasteiger partial charge in [0.1, 0.15) is 11.5 Å². The van der Waals surface area contributed by atoms with E-state index in [0.29, 0.717) is 6.54 Å². The van der Waals surface area contributed by atoms with Crippen LogP contribution in [0.4, 0.5) is 0 Å². The average Bonchev–Trinajstić information content (AvgIpc) is 2.96. The van der Waals surface area contributed by atoms with E-state index in [2.05, 4.69) is 0 Å². The fourth-order valence-corrected chi connectivity index (χ4v) is 3.37. The van der Waals surface area contributed by atoms with Crippen LogP contribution in [-0.4, -0.2) is 48.2 Å². The fourth-order valence-electron chi connectivity index (χ4n) is 3.37. The van der Waals surface area contributed by atoms with Gasteiger partial charge in [-0.2, -0.15) is 0 Å². The Kier molecular flexibility index (Phi) is 2.32. The van der Waals surface area contributed by atoms with Crippen molar-refractivity contribution in [1.29, 1.82) is 0 Å². The maximum absolute atomic E-state index is 12.4. The zero-order valence-corrected chi connectivity index (χ0v) is 10.8. The molecule has 0 radical (unpaired) electrons. The van der Waals surface area contributed by atoms with E-state index in [9.17, 15) is 9.59 Å². The number of esters is 1. The average molecular weight is 251 g/mol. The Labute approximate surface area is 106 Å². The second kappa shape index (κ2) is 3.57. The van der Waals surface area contributed by atoms with Crippen LogP contribution in [-0.2, 0) is 19.1 Å². The van der Waals surface area contributed by atoms with Gasteiger partial charge >= 0.3 is 5.97 Å². The summed E-state index contributed by atoms with van der Waals surface area (Å²) in [6.45, 7) is 4.48. The first-order valence-electron chi connectivity index (χ1n) is 6.25. The van der Waals surface area contributed by atoms with Crippen LogP contribution in [0.1, 0.15) is 13.8 Å². The number of methoxy groups -OCH3 is 1. The second-order valence-corrected chi connectivity index (χ2v) is 5.48. The van der Waals surface area contributed by atoms with Crippen molar-refractivity contribution < 1.29 is 19.1 Å². The maximum atomic E-state index is 12.4. The van der Waals surface area contributed by atoms with Gasteiger partial charge in [0, 0.05) is 6.04 Å². The first-order valence-corrected chi connectivity index (χ1v) is 6.25. The van der Waals surface area contributed by atoms with Crippen molar-refractivity contribution in [3.05, 3.63) is 12.2 Å². The van der Waals surface area contributed by atoms with Crippen molar-refractivity contribution >= 4 is 11.9 Å². The van der Waals surface area contributed by atoms with Crippen molar-refractivity contribution in [1.82, 2.24) is 4.90 Å².